The van der Waals surface area contributed by atoms with Crippen molar-refractivity contribution in [2.45, 2.75) is 26.3 Å². The summed E-state index contributed by atoms with van der Waals surface area (Å²) in [5.74, 6) is 0.0250. The van der Waals surface area contributed by atoms with Crippen LogP contribution in [-0.2, 0) is 7.05 Å². The second-order valence-corrected chi connectivity index (χ2v) is 8.86. The van der Waals surface area contributed by atoms with Gasteiger partial charge in [-0.15, -0.1) is 0 Å². The first-order valence-electron chi connectivity index (χ1n) is 9.48. The highest BCUT2D eigenvalue weighted by Gasteiger charge is 2.48. The zero-order valence-corrected chi connectivity index (χ0v) is 18.1. The van der Waals surface area contributed by atoms with Crippen LogP contribution in [0.15, 0.2) is 41.3 Å². The van der Waals surface area contributed by atoms with Crippen LogP contribution in [0.3, 0.4) is 0 Å². The molecule has 8 nitrogen and oxygen atoms in total. The van der Waals surface area contributed by atoms with Gasteiger partial charge >= 0.3 is 0 Å². The van der Waals surface area contributed by atoms with Gasteiger partial charge in [0.2, 0.25) is 0 Å². The zero-order chi connectivity index (χ0) is 20.8. The molecule has 3 aromatic heterocycles. The summed E-state index contributed by atoms with van der Waals surface area (Å²) in [5, 5.41) is 14.5. The molecule has 1 aliphatic rings. The van der Waals surface area contributed by atoms with Gasteiger partial charge < -0.3 is 10.6 Å². The highest BCUT2D eigenvalue weighted by Crippen LogP contribution is 2.46. The van der Waals surface area contributed by atoms with Crippen molar-refractivity contribution in [2.75, 3.05) is 6.54 Å². The van der Waals surface area contributed by atoms with E-state index >= 15 is 0 Å². The Labute approximate surface area is 176 Å². The molecule has 2 N–H and O–H groups in total. The lowest BCUT2D eigenvalue weighted by atomic mass is 9.58. The van der Waals surface area contributed by atoms with Gasteiger partial charge in [0, 0.05) is 31.9 Å². The fraction of sp³-hybridized carbons (Fsp3) is 0.400. The molecule has 3 aromatic rings. The van der Waals surface area contributed by atoms with Gasteiger partial charge in [-0.05, 0) is 51.9 Å². The lowest BCUT2D eigenvalue weighted by Gasteiger charge is -2.52. The number of carbonyl (C=O) groups is 2. The van der Waals surface area contributed by atoms with Gasteiger partial charge in [0.25, 0.3) is 11.8 Å². The topological polar surface area (TPSA) is 93.3 Å². The maximum atomic E-state index is 12.8. The van der Waals surface area contributed by atoms with Crippen LogP contribution < -0.4 is 10.6 Å². The smallest absolute Gasteiger partial charge is 0.269 e. The van der Waals surface area contributed by atoms with E-state index in [4.69, 9.17) is 0 Å². The van der Waals surface area contributed by atoms with Crippen LogP contribution >= 0.6 is 15.9 Å². The molecule has 0 spiro atoms. The van der Waals surface area contributed by atoms with Gasteiger partial charge in [0.1, 0.15) is 10.3 Å². The fourth-order valence-corrected chi connectivity index (χ4v) is 4.39. The molecule has 29 heavy (non-hydrogen) atoms. The number of carbonyl (C=O) groups excluding carboxylic acids is 2. The van der Waals surface area contributed by atoms with E-state index in [1.54, 1.807) is 28.5 Å². The van der Waals surface area contributed by atoms with Crippen molar-refractivity contribution in [3.05, 3.63) is 52.5 Å². The van der Waals surface area contributed by atoms with E-state index < -0.39 is 0 Å². The number of nitrogens with one attached hydrogen (secondary N) is 2. The Morgan fingerprint density at radius 2 is 2.10 bits per heavy atom. The van der Waals surface area contributed by atoms with E-state index in [9.17, 15) is 9.59 Å². The number of aryl methyl sites for hydroxylation is 1. The molecule has 1 fully saturated rings. The molecule has 0 aromatic carbocycles. The van der Waals surface area contributed by atoms with Crippen LogP contribution in [0.2, 0.25) is 0 Å². The number of amides is 2. The summed E-state index contributed by atoms with van der Waals surface area (Å²) < 4.78 is 3.87. The monoisotopic (exact) mass is 458 g/mol. The average molecular weight is 459 g/mol. The first-order valence-corrected chi connectivity index (χ1v) is 10.3. The predicted molar refractivity (Wildman–Crippen MR) is 112 cm³/mol. The lowest BCUT2D eigenvalue weighted by molar-refractivity contribution is 0.0149. The number of hydrogen-bond acceptors (Lipinski definition) is 4. The van der Waals surface area contributed by atoms with E-state index in [2.05, 4.69) is 50.6 Å². The molecule has 9 heteroatoms. The van der Waals surface area contributed by atoms with Gasteiger partial charge in [-0.3, -0.25) is 14.3 Å². The molecule has 4 rings (SSSR count). The third-order valence-electron chi connectivity index (χ3n) is 6.05. The summed E-state index contributed by atoms with van der Waals surface area (Å²) in [7, 11) is 1.74. The summed E-state index contributed by atoms with van der Waals surface area (Å²) >= 11 is 3.28. The zero-order valence-electron chi connectivity index (χ0n) is 16.5. The van der Waals surface area contributed by atoms with Crippen molar-refractivity contribution >= 4 is 33.3 Å². The van der Waals surface area contributed by atoms with Crippen LogP contribution in [0.25, 0.3) is 5.52 Å². The maximum absolute atomic E-state index is 12.8. The molecule has 2 amide bonds. The number of hydrogen-bond donors (Lipinski definition) is 2. The summed E-state index contributed by atoms with van der Waals surface area (Å²) in [6.45, 7) is 4.80. The minimum absolute atomic E-state index is 0.0472. The summed E-state index contributed by atoms with van der Waals surface area (Å²) in [4.78, 5) is 25.2. The van der Waals surface area contributed by atoms with Gasteiger partial charge in [-0.1, -0.05) is 13.8 Å². The molecule has 2 unspecified atom stereocenters. The minimum Gasteiger partial charge on any atom is -0.350 e. The molecule has 0 bridgehead atoms. The largest absolute Gasteiger partial charge is 0.350 e. The normalized spacial score (nSPS) is 20.3. The van der Waals surface area contributed by atoms with Crippen molar-refractivity contribution in [1.29, 1.82) is 0 Å². The van der Waals surface area contributed by atoms with E-state index in [1.807, 2.05) is 24.4 Å². The molecule has 1 aliphatic carbocycles. The Bertz CT molecular complexity index is 1090. The van der Waals surface area contributed by atoms with Crippen LogP contribution in [0.1, 0.15) is 41.1 Å². The Hall–Kier alpha value is -2.68. The van der Waals surface area contributed by atoms with Gasteiger partial charge in [0.15, 0.2) is 0 Å². The van der Waals surface area contributed by atoms with E-state index in [0.717, 1.165) is 11.9 Å². The third-order valence-corrected chi connectivity index (χ3v) is 6.44. The average Bonchev–Trinajstić information content (AvgIpc) is 3.29. The predicted octanol–water partition coefficient (Wildman–Crippen LogP) is 2.40. The molecule has 0 aliphatic heterocycles. The first kappa shape index (κ1) is 19.6. The Morgan fingerprint density at radius 1 is 1.31 bits per heavy atom. The van der Waals surface area contributed by atoms with Crippen LogP contribution in [0.4, 0.5) is 0 Å². The number of halogens is 1. The molecular formula is C20H23BrN6O2. The maximum Gasteiger partial charge on any atom is 0.269 e. The Balaban J connectivity index is 1.36. The molecule has 1 saturated carbocycles. The van der Waals surface area contributed by atoms with Crippen molar-refractivity contribution in [1.82, 2.24) is 30.0 Å². The highest BCUT2D eigenvalue weighted by molar-refractivity contribution is 9.10. The van der Waals surface area contributed by atoms with Gasteiger partial charge in [-0.25, -0.2) is 4.52 Å². The van der Waals surface area contributed by atoms with Crippen molar-refractivity contribution in [2.24, 2.45) is 18.4 Å². The third kappa shape index (κ3) is 3.55. The van der Waals surface area contributed by atoms with Crippen molar-refractivity contribution in [3.8, 4) is 0 Å². The summed E-state index contributed by atoms with van der Waals surface area (Å²) in [6, 6.07) is 7.19. The van der Waals surface area contributed by atoms with Crippen molar-refractivity contribution in [3.63, 3.8) is 0 Å². The van der Waals surface area contributed by atoms with E-state index in [-0.39, 0.29) is 29.2 Å². The SMILES string of the molecule is Cn1nc(Br)cc1C(=O)NCC1CC(NC(=O)c2cccn3nccc23)C1(C)C. The van der Waals surface area contributed by atoms with E-state index in [0.29, 0.717) is 22.4 Å². The minimum atomic E-state index is -0.151. The van der Waals surface area contributed by atoms with Crippen molar-refractivity contribution < 1.29 is 9.59 Å². The standard InChI is InChI=1S/C20H23BrN6O2/c1-20(2)12(11-22-19(29)15-10-17(21)25-26(15)3)9-16(20)24-18(28)13-5-4-8-27-14(13)6-7-23-27/h4-8,10,12,16H,9,11H2,1-3H3,(H,22,29)(H,24,28). The number of fused-ring (bicyclic) bond motifs is 1. The van der Waals surface area contributed by atoms with Crippen LogP contribution in [0, 0.1) is 11.3 Å². The summed E-state index contributed by atoms with van der Waals surface area (Å²) in [6.07, 6.45) is 4.31. The van der Waals surface area contributed by atoms with Gasteiger partial charge in [0.05, 0.1) is 17.3 Å². The first-order chi connectivity index (χ1) is 13.8. The van der Waals surface area contributed by atoms with Gasteiger partial charge in [-0.2, -0.15) is 10.2 Å². The Kier molecular flexibility index (Phi) is 4.94. The molecule has 152 valence electrons. The molecular weight excluding hydrogens is 436 g/mol. The second kappa shape index (κ2) is 7.29. The molecule has 3 heterocycles. The fourth-order valence-electron chi connectivity index (χ4n) is 3.94. The highest BCUT2D eigenvalue weighted by atomic mass is 79.9. The molecule has 2 atom stereocenters. The quantitative estimate of drug-likeness (QED) is 0.613. The van der Waals surface area contributed by atoms with Crippen LogP contribution in [0.5, 0.6) is 0 Å². The number of pyridine rings is 1. The number of rotatable bonds is 5. The second-order valence-electron chi connectivity index (χ2n) is 8.05. The Morgan fingerprint density at radius 3 is 2.79 bits per heavy atom. The summed E-state index contributed by atoms with van der Waals surface area (Å²) in [5.41, 5.74) is 1.78. The van der Waals surface area contributed by atoms with Crippen LogP contribution in [-0.4, -0.2) is 43.8 Å². The van der Waals surface area contributed by atoms with E-state index in [1.165, 1.54) is 0 Å². The number of nitrogens with zero attached hydrogens (tertiary/aromatic N) is 4. The lowest BCUT2D eigenvalue weighted by Crippen LogP contribution is -2.60. The number of aromatic nitrogens is 4. The molecule has 0 radical (unpaired) electrons. The molecule has 0 saturated heterocycles.